The summed E-state index contributed by atoms with van der Waals surface area (Å²) in [6, 6.07) is 0.675. The molecule has 2 N–H and O–H groups in total. The van der Waals surface area contributed by atoms with E-state index in [4.69, 9.17) is 0 Å². The summed E-state index contributed by atoms with van der Waals surface area (Å²) in [6.07, 6.45) is 8.46. The van der Waals surface area contributed by atoms with Gasteiger partial charge in [0.25, 0.3) is 5.91 Å². The molecule has 1 aliphatic heterocycles. The van der Waals surface area contributed by atoms with E-state index in [2.05, 4.69) is 27.9 Å². The molecule has 1 saturated heterocycles. The van der Waals surface area contributed by atoms with E-state index in [1.165, 1.54) is 12.8 Å². The van der Waals surface area contributed by atoms with Crippen LogP contribution in [0.2, 0.25) is 0 Å². The Kier molecular flexibility index (Phi) is 6.20. The minimum absolute atomic E-state index is 0. The van der Waals surface area contributed by atoms with Gasteiger partial charge < -0.3 is 10.6 Å². The van der Waals surface area contributed by atoms with Crippen LogP contribution < -0.4 is 10.6 Å². The predicted octanol–water partition coefficient (Wildman–Crippen LogP) is 1.93. The van der Waals surface area contributed by atoms with Crippen molar-refractivity contribution in [1.82, 2.24) is 25.6 Å². The highest BCUT2D eigenvalue weighted by atomic mass is 35.5. The van der Waals surface area contributed by atoms with Crippen LogP contribution in [0.1, 0.15) is 62.0 Å². The van der Waals surface area contributed by atoms with Gasteiger partial charge in [-0.3, -0.25) is 4.79 Å². The number of carbonyl (C=O) groups is 1. The van der Waals surface area contributed by atoms with Crippen molar-refractivity contribution in [2.75, 3.05) is 13.1 Å². The van der Waals surface area contributed by atoms with E-state index in [-0.39, 0.29) is 18.3 Å². The Balaban J connectivity index is 0.00000176. The van der Waals surface area contributed by atoms with Gasteiger partial charge in [0, 0.05) is 6.04 Å². The van der Waals surface area contributed by atoms with Crippen molar-refractivity contribution in [2.45, 2.75) is 57.5 Å². The third-order valence-corrected chi connectivity index (χ3v) is 4.78. The SMILES string of the molecule is CC1CCC(NC(=O)c2cn(C3CCNCC3)nn2)CC1.Cl. The standard InChI is InChI=1S/C15H25N5O.ClH/c1-11-2-4-12(5-3-11)17-15(21)14-10-20(19-18-14)13-6-8-16-9-7-13;/h10-13,16H,2-9H2,1H3,(H,17,21);1H. The molecule has 2 fully saturated rings. The number of amides is 1. The third kappa shape index (κ3) is 4.20. The Bertz CT molecular complexity index is 478. The van der Waals surface area contributed by atoms with Crippen LogP contribution in [0.3, 0.4) is 0 Å². The molecular formula is C15H26ClN5O. The van der Waals surface area contributed by atoms with E-state index in [0.29, 0.717) is 17.8 Å². The second kappa shape index (κ2) is 7.92. The lowest BCUT2D eigenvalue weighted by Crippen LogP contribution is -2.37. The van der Waals surface area contributed by atoms with Gasteiger partial charge in [-0.15, -0.1) is 17.5 Å². The first kappa shape index (κ1) is 17.2. The summed E-state index contributed by atoms with van der Waals surface area (Å²) in [6.45, 7) is 4.29. The molecule has 1 saturated carbocycles. The monoisotopic (exact) mass is 327 g/mol. The summed E-state index contributed by atoms with van der Waals surface area (Å²) in [5.41, 5.74) is 0.451. The van der Waals surface area contributed by atoms with Crippen LogP contribution in [0.5, 0.6) is 0 Å². The van der Waals surface area contributed by atoms with Gasteiger partial charge in [-0.05, 0) is 57.5 Å². The molecule has 0 aromatic carbocycles. The summed E-state index contributed by atoms with van der Waals surface area (Å²) in [5.74, 6) is 0.716. The van der Waals surface area contributed by atoms with Gasteiger partial charge in [0.1, 0.15) is 0 Å². The van der Waals surface area contributed by atoms with E-state index in [1.807, 2.05) is 4.68 Å². The van der Waals surface area contributed by atoms with Gasteiger partial charge in [0.2, 0.25) is 0 Å². The molecule has 124 valence electrons. The maximum absolute atomic E-state index is 12.3. The average molecular weight is 328 g/mol. The first-order valence-corrected chi connectivity index (χ1v) is 8.16. The number of hydrogen-bond acceptors (Lipinski definition) is 4. The molecule has 1 aromatic rings. The van der Waals surface area contributed by atoms with Gasteiger partial charge in [-0.25, -0.2) is 4.68 Å². The van der Waals surface area contributed by atoms with E-state index in [1.54, 1.807) is 6.20 Å². The molecule has 1 aliphatic carbocycles. The maximum atomic E-state index is 12.3. The Morgan fingerprint density at radius 3 is 2.59 bits per heavy atom. The Morgan fingerprint density at radius 2 is 1.91 bits per heavy atom. The molecule has 7 heteroatoms. The Hall–Kier alpha value is -1.14. The van der Waals surface area contributed by atoms with Crippen LogP contribution in [-0.4, -0.2) is 40.0 Å². The van der Waals surface area contributed by atoms with E-state index < -0.39 is 0 Å². The summed E-state index contributed by atoms with van der Waals surface area (Å²) >= 11 is 0. The first-order chi connectivity index (χ1) is 10.2. The highest BCUT2D eigenvalue weighted by Gasteiger charge is 2.23. The topological polar surface area (TPSA) is 71.8 Å². The molecule has 0 radical (unpaired) electrons. The zero-order chi connectivity index (χ0) is 14.7. The number of aromatic nitrogens is 3. The van der Waals surface area contributed by atoms with E-state index in [9.17, 15) is 4.79 Å². The van der Waals surface area contributed by atoms with Gasteiger partial charge >= 0.3 is 0 Å². The fourth-order valence-corrected chi connectivity index (χ4v) is 3.29. The summed E-state index contributed by atoms with van der Waals surface area (Å²) in [4.78, 5) is 12.3. The molecule has 1 amide bonds. The Morgan fingerprint density at radius 1 is 1.23 bits per heavy atom. The van der Waals surface area contributed by atoms with Crippen LogP contribution >= 0.6 is 12.4 Å². The minimum atomic E-state index is -0.0743. The van der Waals surface area contributed by atoms with E-state index in [0.717, 1.165) is 44.7 Å². The zero-order valence-electron chi connectivity index (χ0n) is 13.1. The van der Waals surface area contributed by atoms with Crippen molar-refractivity contribution in [3.63, 3.8) is 0 Å². The number of carbonyl (C=O) groups excluding carboxylic acids is 1. The fraction of sp³-hybridized carbons (Fsp3) is 0.800. The lowest BCUT2D eigenvalue weighted by molar-refractivity contribution is 0.0918. The number of hydrogen-bond donors (Lipinski definition) is 2. The molecule has 6 nitrogen and oxygen atoms in total. The fourth-order valence-electron chi connectivity index (χ4n) is 3.29. The first-order valence-electron chi connectivity index (χ1n) is 8.16. The normalized spacial score (nSPS) is 26.2. The average Bonchev–Trinajstić information content (AvgIpc) is 3.00. The quantitative estimate of drug-likeness (QED) is 0.890. The van der Waals surface area contributed by atoms with Crippen LogP contribution in [0, 0.1) is 5.92 Å². The molecule has 1 aromatic heterocycles. The van der Waals surface area contributed by atoms with Crippen molar-refractivity contribution in [1.29, 1.82) is 0 Å². The second-order valence-corrected chi connectivity index (χ2v) is 6.50. The second-order valence-electron chi connectivity index (χ2n) is 6.50. The molecule has 3 rings (SSSR count). The predicted molar refractivity (Wildman–Crippen MR) is 87.3 cm³/mol. The van der Waals surface area contributed by atoms with Gasteiger partial charge in [-0.1, -0.05) is 12.1 Å². The van der Waals surface area contributed by atoms with Gasteiger partial charge in [-0.2, -0.15) is 0 Å². The minimum Gasteiger partial charge on any atom is -0.348 e. The van der Waals surface area contributed by atoms with Crippen molar-refractivity contribution < 1.29 is 4.79 Å². The molecular weight excluding hydrogens is 302 g/mol. The molecule has 2 heterocycles. The summed E-state index contributed by atoms with van der Waals surface area (Å²) < 4.78 is 1.86. The molecule has 0 spiro atoms. The molecule has 2 aliphatic rings. The highest BCUT2D eigenvalue weighted by molar-refractivity contribution is 5.92. The lowest BCUT2D eigenvalue weighted by atomic mass is 9.87. The maximum Gasteiger partial charge on any atom is 0.273 e. The number of nitrogens with zero attached hydrogens (tertiary/aromatic N) is 3. The Labute approximate surface area is 137 Å². The van der Waals surface area contributed by atoms with Crippen LogP contribution in [0.4, 0.5) is 0 Å². The number of piperidine rings is 1. The molecule has 0 unspecified atom stereocenters. The number of rotatable bonds is 3. The van der Waals surface area contributed by atoms with Gasteiger partial charge in [0.15, 0.2) is 5.69 Å². The van der Waals surface area contributed by atoms with Crippen LogP contribution in [0.15, 0.2) is 6.20 Å². The largest absolute Gasteiger partial charge is 0.348 e. The summed E-state index contributed by atoms with van der Waals surface area (Å²) in [7, 11) is 0. The highest BCUT2D eigenvalue weighted by Crippen LogP contribution is 2.23. The third-order valence-electron chi connectivity index (χ3n) is 4.78. The molecule has 0 atom stereocenters. The summed E-state index contributed by atoms with van der Waals surface area (Å²) in [5, 5.41) is 14.6. The van der Waals surface area contributed by atoms with Crippen molar-refractivity contribution in [3.8, 4) is 0 Å². The zero-order valence-corrected chi connectivity index (χ0v) is 13.9. The smallest absolute Gasteiger partial charge is 0.273 e. The van der Waals surface area contributed by atoms with Crippen LogP contribution in [0.25, 0.3) is 0 Å². The van der Waals surface area contributed by atoms with E-state index >= 15 is 0 Å². The van der Waals surface area contributed by atoms with Crippen molar-refractivity contribution in [3.05, 3.63) is 11.9 Å². The molecule has 22 heavy (non-hydrogen) atoms. The van der Waals surface area contributed by atoms with Crippen molar-refractivity contribution >= 4 is 18.3 Å². The lowest BCUT2D eigenvalue weighted by Gasteiger charge is -2.26. The van der Waals surface area contributed by atoms with Crippen molar-refractivity contribution in [2.24, 2.45) is 5.92 Å². The van der Waals surface area contributed by atoms with Crippen LogP contribution in [-0.2, 0) is 0 Å². The number of halogens is 1. The number of nitrogens with one attached hydrogen (secondary N) is 2. The van der Waals surface area contributed by atoms with Gasteiger partial charge in [0.05, 0.1) is 12.2 Å². The molecule has 0 bridgehead atoms.